The monoisotopic (exact) mass is 898 g/mol. The van der Waals surface area contributed by atoms with Gasteiger partial charge in [-0.3, -0.25) is 43.2 Å². The van der Waals surface area contributed by atoms with Gasteiger partial charge in [-0.2, -0.15) is 0 Å². The number of carboxylic acid groups (broad SMARTS) is 1. The maximum atomic E-state index is 13.7. The summed E-state index contributed by atoms with van der Waals surface area (Å²) in [5, 5.41) is 39.7. The lowest BCUT2D eigenvalue weighted by molar-refractivity contribution is -0.144. The number of nitrogens with one attached hydrogen (secondary N) is 8. The van der Waals surface area contributed by atoms with Gasteiger partial charge < -0.3 is 58.5 Å². The van der Waals surface area contributed by atoms with Crippen LogP contribution < -0.4 is 48.3 Å². The van der Waals surface area contributed by atoms with Crippen molar-refractivity contribution in [2.24, 2.45) is 35.3 Å². The minimum atomic E-state index is -1.56. The van der Waals surface area contributed by atoms with Gasteiger partial charge in [0.25, 0.3) is 5.91 Å². The van der Waals surface area contributed by atoms with Crippen molar-refractivity contribution < 1.29 is 58.2 Å². The van der Waals surface area contributed by atoms with E-state index in [0.717, 1.165) is 0 Å². The van der Waals surface area contributed by atoms with Crippen LogP contribution in [0.25, 0.3) is 0 Å². The summed E-state index contributed by atoms with van der Waals surface area (Å²) in [6.07, 6.45) is -0.629. The summed E-state index contributed by atoms with van der Waals surface area (Å²) in [6.45, 7) is 19.1. The third-order valence-corrected chi connectivity index (χ3v) is 10.3. The molecule has 0 aliphatic rings. The lowest BCUT2D eigenvalue weighted by Gasteiger charge is -2.29. The molecular weight excluding hydrogens is 823 g/mol. The van der Waals surface area contributed by atoms with Crippen LogP contribution >= 0.6 is 0 Å². The smallest absolute Gasteiger partial charge is 0.326 e. The molecule has 12 N–H and O–H groups in total. The molecule has 0 fully saturated rings. The molecule has 8 amide bonds. The molecule has 21 nitrogen and oxygen atoms in total. The lowest BCUT2D eigenvalue weighted by Crippen LogP contribution is -2.61. The first-order chi connectivity index (χ1) is 29.2. The summed E-state index contributed by atoms with van der Waals surface area (Å²) in [6, 6.07) is -8.35. The van der Waals surface area contributed by atoms with E-state index < -0.39 is 132 Å². The van der Waals surface area contributed by atoms with Gasteiger partial charge in [-0.1, -0.05) is 82.1 Å². The first kappa shape index (κ1) is 57.8. The van der Waals surface area contributed by atoms with Gasteiger partial charge >= 0.3 is 5.97 Å². The standard InChI is InChI=1S/C42H75N9O12/c1-13-23(9)32(49-30(54)19-45-37(57)27(17-20(3)4)46-36(56)25(11)43)35(55)41(61)44-16-15-29(53)48-33(24(10)14-2)39(59)47-28(18-21(5)6)38(58)51-34(26(12)52)40(60)50-31(22(7)8)42(62)63/h20-28,31-34,52H,13-19,43H2,1-12H3,(H,44,61)(H,45,57)(H,46,56)(H,47,59)(H,48,53)(H,49,54)(H,50,60)(H,51,58)(H,62,63)/t23-,24-,25-,26+,27-,28-,31-,32-,33-,34-/m0/s1. The number of carbonyl (C=O) groups is 10. The lowest BCUT2D eigenvalue weighted by atomic mass is 9.94. The molecule has 21 heteroatoms. The molecule has 0 saturated heterocycles. The van der Waals surface area contributed by atoms with Gasteiger partial charge in [-0.15, -0.1) is 0 Å². The molecule has 0 aliphatic carbocycles. The molecule has 0 spiro atoms. The van der Waals surface area contributed by atoms with Gasteiger partial charge in [0.1, 0.15) is 30.2 Å². The first-order valence-corrected chi connectivity index (χ1v) is 21.7. The Labute approximate surface area is 371 Å². The van der Waals surface area contributed by atoms with Crippen LogP contribution in [0, 0.1) is 29.6 Å². The van der Waals surface area contributed by atoms with Crippen LogP contribution in [0.3, 0.4) is 0 Å². The number of nitrogens with two attached hydrogens (primary N) is 1. The van der Waals surface area contributed by atoms with Crippen molar-refractivity contribution >= 4 is 59.0 Å². The molecule has 0 bridgehead atoms. The van der Waals surface area contributed by atoms with E-state index in [1.165, 1.54) is 13.8 Å². The highest BCUT2D eigenvalue weighted by Crippen LogP contribution is 2.13. The fourth-order valence-corrected chi connectivity index (χ4v) is 6.07. The number of aliphatic hydroxyl groups excluding tert-OH is 1. The van der Waals surface area contributed by atoms with Crippen molar-refractivity contribution in [3.05, 3.63) is 0 Å². The Bertz CT molecular complexity index is 1590. The van der Waals surface area contributed by atoms with Crippen molar-refractivity contribution in [1.29, 1.82) is 0 Å². The van der Waals surface area contributed by atoms with Gasteiger partial charge in [0.15, 0.2) is 0 Å². The van der Waals surface area contributed by atoms with Gasteiger partial charge in [-0.05, 0) is 56.3 Å². The van der Waals surface area contributed by atoms with Crippen LogP contribution in [-0.2, 0) is 47.9 Å². The quantitative estimate of drug-likeness (QED) is 0.0391. The molecule has 0 heterocycles. The number of ketones is 1. The Hall–Kier alpha value is -5.18. The fourth-order valence-electron chi connectivity index (χ4n) is 6.07. The van der Waals surface area contributed by atoms with E-state index >= 15 is 0 Å². The molecule has 0 aromatic carbocycles. The number of hydrogen-bond acceptors (Lipinski definition) is 12. The highest BCUT2D eigenvalue weighted by molar-refractivity contribution is 6.38. The maximum absolute atomic E-state index is 13.7. The summed E-state index contributed by atoms with van der Waals surface area (Å²) in [5.41, 5.74) is 5.61. The first-order valence-electron chi connectivity index (χ1n) is 21.7. The van der Waals surface area contributed by atoms with Crippen molar-refractivity contribution in [3.8, 4) is 0 Å². The van der Waals surface area contributed by atoms with E-state index in [0.29, 0.717) is 12.8 Å². The molecule has 0 aromatic heterocycles. The Kier molecular flexibility index (Phi) is 26.2. The molecule has 0 unspecified atom stereocenters. The number of aliphatic carboxylic acids is 1. The largest absolute Gasteiger partial charge is 0.480 e. The van der Waals surface area contributed by atoms with E-state index in [-0.39, 0.29) is 37.6 Å². The molecular formula is C42H75N9O12. The topological polar surface area (TPSA) is 333 Å². The summed E-state index contributed by atoms with van der Waals surface area (Å²) >= 11 is 0. The number of Topliss-reactive ketones (excluding diaryl/α,β-unsaturated/α-hetero) is 1. The predicted octanol–water partition coefficient (Wildman–Crippen LogP) is -1.26. The van der Waals surface area contributed by atoms with Crippen LogP contribution in [0.15, 0.2) is 0 Å². The van der Waals surface area contributed by atoms with E-state index in [9.17, 15) is 58.2 Å². The number of rotatable bonds is 29. The van der Waals surface area contributed by atoms with Crippen LogP contribution in [0.5, 0.6) is 0 Å². The summed E-state index contributed by atoms with van der Waals surface area (Å²) in [4.78, 5) is 129. The highest BCUT2D eigenvalue weighted by atomic mass is 16.4. The Morgan fingerprint density at radius 3 is 1.44 bits per heavy atom. The Balaban J connectivity index is 5.73. The van der Waals surface area contributed by atoms with E-state index in [1.54, 1.807) is 55.4 Å². The van der Waals surface area contributed by atoms with Crippen LogP contribution in [-0.4, -0.2) is 131 Å². The molecule has 10 atom stereocenters. The third-order valence-electron chi connectivity index (χ3n) is 10.3. The molecule has 0 radical (unpaired) electrons. The summed E-state index contributed by atoms with van der Waals surface area (Å²) in [5.74, 6) is -10.1. The Morgan fingerprint density at radius 2 is 0.984 bits per heavy atom. The van der Waals surface area contributed by atoms with Crippen LogP contribution in [0.2, 0.25) is 0 Å². The Morgan fingerprint density at radius 1 is 0.524 bits per heavy atom. The van der Waals surface area contributed by atoms with Crippen molar-refractivity contribution in [2.45, 2.75) is 164 Å². The number of aliphatic hydroxyl groups is 1. The number of hydrogen-bond donors (Lipinski definition) is 11. The van der Waals surface area contributed by atoms with Gasteiger partial charge in [0.2, 0.25) is 47.1 Å². The van der Waals surface area contributed by atoms with Gasteiger partial charge in [-0.25, -0.2) is 4.79 Å². The van der Waals surface area contributed by atoms with E-state index in [2.05, 4.69) is 42.5 Å². The normalized spacial score (nSPS) is 16.1. The van der Waals surface area contributed by atoms with Gasteiger partial charge in [0.05, 0.1) is 24.7 Å². The second-order valence-corrected chi connectivity index (χ2v) is 17.4. The minimum Gasteiger partial charge on any atom is -0.480 e. The number of carboxylic acids is 1. The maximum Gasteiger partial charge on any atom is 0.326 e. The van der Waals surface area contributed by atoms with Crippen LogP contribution in [0.1, 0.15) is 115 Å². The molecule has 0 saturated carbocycles. The second-order valence-electron chi connectivity index (χ2n) is 17.4. The SMILES string of the molecule is CC[C@H](C)[C@H](NC(=O)CCNC(=O)C(=O)[C@@H](NC(=O)CNC(=O)[C@H](CC(C)C)NC(=O)[C@H](C)N)[C@@H](C)CC)C(=O)N[C@@H](CC(C)C)C(=O)N[C@H](C(=O)N[C@H](C(=O)O)C(C)C)[C@@H](C)O. The molecule has 360 valence electrons. The van der Waals surface area contributed by atoms with E-state index in [1.807, 2.05) is 13.8 Å². The van der Waals surface area contributed by atoms with Gasteiger partial charge in [0, 0.05) is 13.0 Å². The third kappa shape index (κ3) is 21.2. The minimum absolute atomic E-state index is 0.0153. The highest BCUT2D eigenvalue weighted by Gasteiger charge is 2.36. The van der Waals surface area contributed by atoms with Crippen molar-refractivity contribution in [3.63, 3.8) is 0 Å². The summed E-state index contributed by atoms with van der Waals surface area (Å²) < 4.78 is 0. The van der Waals surface area contributed by atoms with E-state index in [4.69, 9.17) is 5.73 Å². The second kappa shape index (κ2) is 28.5. The molecule has 0 aromatic rings. The summed E-state index contributed by atoms with van der Waals surface area (Å²) in [7, 11) is 0. The van der Waals surface area contributed by atoms with Crippen molar-refractivity contribution in [2.75, 3.05) is 13.1 Å². The van der Waals surface area contributed by atoms with Crippen LogP contribution in [0.4, 0.5) is 0 Å². The predicted molar refractivity (Wildman–Crippen MR) is 233 cm³/mol. The van der Waals surface area contributed by atoms with Crippen molar-refractivity contribution in [1.82, 2.24) is 42.5 Å². The average molecular weight is 898 g/mol. The molecule has 63 heavy (non-hydrogen) atoms. The zero-order chi connectivity index (χ0) is 48.9. The number of carbonyl (C=O) groups excluding carboxylic acids is 9. The fraction of sp³-hybridized carbons (Fsp3) is 0.762. The molecule has 0 aliphatic heterocycles. The molecule has 0 rings (SSSR count). The number of amides is 8. The zero-order valence-corrected chi connectivity index (χ0v) is 39.0. The average Bonchev–Trinajstić information content (AvgIpc) is 3.19. The zero-order valence-electron chi connectivity index (χ0n) is 39.0.